The minimum atomic E-state index is 0.241. The van der Waals surface area contributed by atoms with E-state index in [9.17, 15) is 4.79 Å². The molecule has 5 heteroatoms. The molecule has 0 aromatic rings. The molecule has 0 radical (unpaired) electrons. The fourth-order valence-electron chi connectivity index (χ4n) is 2.38. The maximum absolute atomic E-state index is 12.1. The molecule has 19 heavy (non-hydrogen) atoms. The molecule has 1 atom stereocenters. The Morgan fingerprint density at radius 1 is 1.42 bits per heavy atom. The quantitative estimate of drug-likeness (QED) is 0.670. The summed E-state index contributed by atoms with van der Waals surface area (Å²) in [5.41, 5.74) is 5.43. The number of methoxy groups -OCH3 is 1. The number of piperidine rings is 1. The molecule has 0 saturated carbocycles. The van der Waals surface area contributed by atoms with Crippen molar-refractivity contribution in [3.05, 3.63) is 0 Å². The Labute approximate surface area is 116 Å². The van der Waals surface area contributed by atoms with Gasteiger partial charge in [-0.1, -0.05) is 6.92 Å². The molecule has 2 N–H and O–H groups in total. The summed E-state index contributed by atoms with van der Waals surface area (Å²) in [6.07, 6.45) is 3.66. The number of hydrogen-bond donors (Lipinski definition) is 1. The van der Waals surface area contributed by atoms with E-state index in [4.69, 9.17) is 15.2 Å². The lowest BCUT2D eigenvalue weighted by molar-refractivity contribution is -0.135. The molecular weight excluding hydrogens is 244 g/mol. The van der Waals surface area contributed by atoms with E-state index in [0.29, 0.717) is 25.7 Å². The zero-order valence-corrected chi connectivity index (χ0v) is 12.3. The van der Waals surface area contributed by atoms with Crippen molar-refractivity contribution in [1.29, 1.82) is 0 Å². The largest absolute Gasteiger partial charge is 0.384 e. The minimum absolute atomic E-state index is 0.241. The van der Waals surface area contributed by atoms with Gasteiger partial charge in [0.15, 0.2) is 0 Å². The molecule has 0 bridgehead atoms. The Bertz CT molecular complexity index is 253. The van der Waals surface area contributed by atoms with Gasteiger partial charge in [0.1, 0.15) is 0 Å². The van der Waals surface area contributed by atoms with E-state index in [1.807, 2.05) is 11.8 Å². The fourth-order valence-corrected chi connectivity index (χ4v) is 2.38. The Hall–Kier alpha value is -0.650. The lowest BCUT2D eigenvalue weighted by Gasteiger charge is -2.32. The Morgan fingerprint density at radius 2 is 2.11 bits per heavy atom. The Morgan fingerprint density at radius 3 is 2.68 bits per heavy atom. The van der Waals surface area contributed by atoms with E-state index in [0.717, 1.165) is 39.0 Å². The summed E-state index contributed by atoms with van der Waals surface area (Å²) in [4.78, 5) is 14.0. The van der Waals surface area contributed by atoms with Crippen LogP contribution in [0.15, 0.2) is 0 Å². The van der Waals surface area contributed by atoms with Crippen LogP contribution < -0.4 is 5.73 Å². The maximum Gasteiger partial charge on any atom is 0.222 e. The Balaban J connectivity index is 2.19. The molecule has 0 aliphatic carbocycles. The van der Waals surface area contributed by atoms with Gasteiger partial charge in [0, 0.05) is 39.8 Å². The average molecular weight is 272 g/mol. The summed E-state index contributed by atoms with van der Waals surface area (Å²) in [5.74, 6) is 0.529. The smallest absolute Gasteiger partial charge is 0.222 e. The first-order valence-corrected chi connectivity index (χ1v) is 7.25. The summed E-state index contributed by atoms with van der Waals surface area (Å²) in [5, 5.41) is 0. The predicted octanol–water partition coefficient (Wildman–Crippen LogP) is 1.02. The topological polar surface area (TPSA) is 64.8 Å². The van der Waals surface area contributed by atoms with E-state index < -0.39 is 0 Å². The molecule has 0 aromatic heterocycles. The van der Waals surface area contributed by atoms with Gasteiger partial charge in [0.05, 0.1) is 6.10 Å². The highest BCUT2D eigenvalue weighted by atomic mass is 16.5. The molecule has 5 nitrogen and oxygen atoms in total. The number of likely N-dealkylation sites (tertiary alicyclic amines) is 1. The zero-order chi connectivity index (χ0) is 14.1. The van der Waals surface area contributed by atoms with Crippen LogP contribution in [0.4, 0.5) is 0 Å². The highest BCUT2D eigenvalue weighted by Crippen LogP contribution is 2.16. The van der Waals surface area contributed by atoms with Crippen molar-refractivity contribution in [3.8, 4) is 0 Å². The molecule has 0 spiro atoms. The normalized spacial score (nSPS) is 18.6. The summed E-state index contributed by atoms with van der Waals surface area (Å²) in [7, 11) is 1.67. The molecule has 112 valence electrons. The molecular formula is C14H28N2O3. The van der Waals surface area contributed by atoms with Crippen LogP contribution in [-0.2, 0) is 14.3 Å². The zero-order valence-electron chi connectivity index (χ0n) is 12.3. The Kier molecular flexibility index (Phi) is 8.02. The van der Waals surface area contributed by atoms with Gasteiger partial charge >= 0.3 is 0 Å². The minimum Gasteiger partial charge on any atom is -0.384 e. The summed E-state index contributed by atoms with van der Waals surface area (Å²) < 4.78 is 10.8. The van der Waals surface area contributed by atoms with Crippen LogP contribution in [0.5, 0.6) is 0 Å². The first-order chi connectivity index (χ1) is 9.17. The molecule has 1 saturated heterocycles. The fraction of sp³-hybridized carbons (Fsp3) is 0.929. The van der Waals surface area contributed by atoms with Crippen LogP contribution >= 0.6 is 0 Å². The molecule has 1 aliphatic rings. The third kappa shape index (κ3) is 6.36. The van der Waals surface area contributed by atoms with Crippen LogP contribution in [-0.4, -0.2) is 56.9 Å². The van der Waals surface area contributed by atoms with Gasteiger partial charge in [-0.05, 0) is 31.7 Å². The first-order valence-electron chi connectivity index (χ1n) is 7.25. The van der Waals surface area contributed by atoms with E-state index in [1.165, 1.54) is 0 Å². The first kappa shape index (κ1) is 16.4. The van der Waals surface area contributed by atoms with Crippen molar-refractivity contribution >= 4 is 5.91 Å². The summed E-state index contributed by atoms with van der Waals surface area (Å²) in [6.45, 7) is 5.72. The molecule has 1 heterocycles. The highest BCUT2D eigenvalue weighted by molar-refractivity contribution is 5.76. The molecule has 0 aromatic carbocycles. The van der Waals surface area contributed by atoms with Crippen molar-refractivity contribution in [1.82, 2.24) is 4.90 Å². The molecule has 1 fully saturated rings. The SMILES string of the molecule is COCC(C)CC(=O)N1CCC(OCCCN)CC1. The van der Waals surface area contributed by atoms with Crippen LogP contribution in [0.2, 0.25) is 0 Å². The standard InChI is InChI=1S/C14H28N2O3/c1-12(11-18-2)10-14(17)16-7-4-13(5-8-16)19-9-3-6-15/h12-13H,3-11,15H2,1-2H3. The molecule has 1 unspecified atom stereocenters. The van der Waals surface area contributed by atoms with Crippen LogP contribution in [0.1, 0.15) is 32.6 Å². The van der Waals surface area contributed by atoms with Gasteiger partial charge in [-0.25, -0.2) is 0 Å². The number of rotatable bonds is 8. The number of nitrogens with zero attached hydrogens (tertiary/aromatic N) is 1. The van der Waals surface area contributed by atoms with Gasteiger partial charge < -0.3 is 20.1 Å². The second-order valence-electron chi connectivity index (χ2n) is 5.36. The van der Waals surface area contributed by atoms with Gasteiger partial charge in [-0.3, -0.25) is 4.79 Å². The lowest BCUT2D eigenvalue weighted by atomic mass is 10.0. The number of nitrogens with two attached hydrogens (primary N) is 1. The van der Waals surface area contributed by atoms with Crippen molar-refractivity contribution in [2.24, 2.45) is 11.7 Å². The summed E-state index contributed by atoms with van der Waals surface area (Å²) >= 11 is 0. The number of carbonyl (C=O) groups is 1. The van der Waals surface area contributed by atoms with Crippen molar-refractivity contribution in [3.63, 3.8) is 0 Å². The van der Waals surface area contributed by atoms with Crippen LogP contribution in [0, 0.1) is 5.92 Å². The van der Waals surface area contributed by atoms with Gasteiger partial charge in [0.25, 0.3) is 0 Å². The molecule has 1 rings (SSSR count). The van der Waals surface area contributed by atoms with Gasteiger partial charge in [-0.2, -0.15) is 0 Å². The van der Waals surface area contributed by atoms with E-state index >= 15 is 0 Å². The third-order valence-corrected chi connectivity index (χ3v) is 3.47. The second-order valence-corrected chi connectivity index (χ2v) is 5.36. The monoisotopic (exact) mass is 272 g/mol. The number of ether oxygens (including phenoxy) is 2. The number of carbonyl (C=O) groups excluding carboxylic acids is 1. The average Bonchev–Trinajstić information content (AvgIpc) is 2.40. The summed E-state index contributed by atoms with van der Waals surface area (Å²) in [6, 6.07) is 0. The van der Waals surface area contributed by atoms with Crippen molar-refractivity contribution in [2.75, 3.05) is 40.0 Å². The third-order valence-electron chi connectivity index (χ3n) is 3.47. The van der Waals surface area contributed by atoms with E-state index in [1.54, 1.807) is 7.11 Å². The molecule has 1 amide bonds. The van der Waals surface area contributed by atoms with E-state index in [2.05, 4.69) is 0 Å². The van der Waals surface area contributed by atoms with Gasteiger partial charge in [0.2, 0.25) is 5.91 Å². The number of hydrogen-bond acceptors (Lipinski definition) is 4. The van der Waals surface area contributed by atoms with Gasteiger partial charge in [-0.15, -0.1) is 0 Å². The van der Waals surface area contributed by atoms with Crippen LogP contribution in [0.25, 0.3) is 0 Å². The predicted molar refractivity (Wildman–Crippen MR) is 74.9 cm³/mol. The van der Waals surface area contributed by atoms with E-state index in [-0.39, 0.29) is 11.8 Å². The molecule has 1 aliphatic heterocycles. The highest BCUT2D eigenvalue weighted by Gasteiger charge is 2.23. The van der Waals surface area contributed by atoms with Crippen molar-refractivity contribution < 1.29 is 14.3 Å². The lowest BCUT2D eigenvalue weighted by Crippen LogP contribution is -2.41. The number of amides is 1. The van der Waals surface area contributed by atoms with Crippen LogP contribution in [0.3, 0.4) is 0 Å². The second kappa shape index (κ2) is 9.28. The van der Waals surface area contributed by atoms with Crippen molar-refractivity contribution in [2.45, 2.75) is 38.7 Å². The maximum atomic E-state index is 12.1.